The van der Waals surface area contributed by atoms with Crippen LogP contribution >= 0.6 is 0 Å². The SMILES string of the molecule is COC1=CCCC(NC(C)=O)=C1. The van der Waals surface area contributed by atoms with Gasteiger partial charge in [-0.05, 0) is 25.0 Å². The summed E-state index contributed by atoms with van der Waals surface area (Å²) in [6, 6.07) is 0. The third kappa shape index (κ3) is 2.42. The van der Waals surface area contributed by atoms with Gasteiger partial charge in [-0.2, -0.15) is 0 Å². The lowest BCUT2D eigenvalue weighted by molar-refractivity contribution is -0.118. The zero-order chi connectivity index (χ0) is 8.97. The van der Waals surface area contributed by atoms with Crippen molar-refractivity contribution >= 4 is 5.91 Å². The van der Waals surface area contributed by atoms with Crippen molar-refractivity contribution < 1.29 is 9.53 Å². The van der Waals surface area contributed by atoms with Crippen LogP contribution in [0.3, 0.4) is 0 Å². The Hall–Kier alpha value is -1.25. The van der Waals surface area contributed by atoms with E-state index in [9.17, 15) is 4.79 Å². The maximum atomic E-state index is 10.7. The Labute approximate surface area is 72.1 Å². The zero-order valence-corrected chi connectivity index (χ0v) is 7.39. The van der Waals surface area contributed by atoms with Crippen molar-refractivity contribution in [3.05, 3.63) is 23.6 Å². The number of carbonyl (C=O) groups is 1. The first-order chi connectivity index (χ1) is 5.72. The smallest absolute Gasteiger partial charge is 0.220 e. The molecule has 0 bridgehead atoms. The molecule has 3 nitrogen and oxygen atoms in total. The lowest BCUT2D eigenvalue weighted by atomic mass is 10.1. The van der Waals surface area contributed by atoms with E-state index in [0.717, 1.165) is 24.3 Å². The number of nitrogens with one attached hydrogen (secondary N) is 1. The Balaban J connectivity index is 2.60. The monoisotopic (exact) mass is 167 g/mol. The van der Waals surface area contributed by atoms with Gasteiger partial charge in [0, 0.05) is 12.6 Å². The fourth-order valence-electron chi connectivity index (χ4n) is 1.14. The van der Waals surface area contributed by atoms with Gasteiger partial charge in [-0.1, -0.05) is 0 Å². The molecule has 0 spiro atoms. The molecular weight excluding hydrogens is 154 g/mol. The Kier molecular flexibility index (Phi) is 2.91. The van der Waals surface area contributed by atoms with Crippen LogP contribution in [-0.4, -0.2) is 13.0 Å². The number of amides is 1. The minimum atomic E-state index is -0.0291. The summed E-state index contributed by atoms with van der Waals surface area (Å²) in [7, 11) is 1.62. The van der Waals surface area contributed by atoms with E-state index in [1.807, 2.05) is 12.2 Å². The summed E-state index contributed by atoms with van der Waals surface area (Å²) in [6.45, 7) is 1.51. The molecule has 0 radical (unpaired) electrons. The van der Waals surface area contributed by atoms with Crippen molar-refractivity contribution in [3.8, 4) is 0 Å². The van der Waals surface area contributed by atoms with E-state index in [4.69, 9.17) is 4.74 Å². The van der Waals surface area contributed by atoms with Crippen molar-refractivity contribution in [2.45, 2.75) is 19.8 Å². The van der Waals surface area contributed by atoms with E-state index >= 15 is 0 Å². The second kappa shape index (κ2) is 3.95. The lowest BCUT2D eigenvalue weighted by Gasteiger charge is -2.12. The van der Waals surface area contributed by atoms with Gasteiger partial charge in [0.05, 0.1) is 7.11 Å². The Bertz CT molecular complexity index is 241. The zero-order valence-electron chi connectivity index (χ0n) is 7.39. The van der Waals surface area contributed by atoms with Crippen molar-refractivity contribution in [3.63, 3.8) is 0 Å². The van der Waals surface area contributed by atoms with E-state index in [-0.39, 0.29) is 5.91 Å². The standard InChI is InChI=1S/C9H13NO2/c1-7(11)10-8-4-3-5-9(6-8)12-2/h5-6H,3-4H2,1-2H3,(H,10,11). The summed E-state index contributed by atoms with van der Waals surface area (Å²) in [5.41, 5.74) is 0.932. The third-order valence-corrected chi connectivity index (χ3v) is 1.65. The van der Waals surface area contributed by atoms with Gasteiger partial charge in [0.15, 0.2) is 0 Å². The van der Waals surface area contributed by atoms with E-state index in [1.54, 1.807) is 7.11 Å². The summed E-state index contributed by atoms with van der Waals surface area (Å²) >= 11 is 0. The van der Waals surface area contributed by atoms with Crippen LogP contribution in [0.5, 0.6) is 0 Å². The van der Waals surface area contributed by atoms with Gasteiger partial charge in [-0.3, -0.25) is 4.79 Å². The molecule has 3 heteroatoms. The number of ether oxygens (including phenoxy) is 1. The van der Waals surface area contributed by atoms with E-state index < -0.39 is 0 Å². The second-order valence-electron chi connectivity index (χ2n) is 2.70. The topological polar surface area (TPSA) is 38.3 Å². The number of rotatable bonds is 2. The van der Waals surface area contributed by atoms with Gasteiger partial charge in [0.1, 0.15) is 5.76 Å². The van der Waals surface area contributed by atoms with Crippen molar-refractivity contribution in [2.75, 3.05) is 7.11 Å². The minimum absolute atomic E-state index is 0.0291. The average molecular weight is 167 g/mol. The highest BCUT2D eigenvalue weighted by Gasteiger charge is 2.05. The molecule has 0 aromatic rings. The molecule has 0 unspecified atom stereocenters. The van der Waals surface area contributed by atoms with Gasteiger partial charge in [0.2, 0.25) is 5.91 Å². The Morgan fingerprint density at radius 3 is 3.00 bits per heavy atom. The van der Waals surface area contributed by atoms with Crippen LogP contribution < -0.4 is 5.32 Å². The summed E-state index contributed by atoms with van der Waals surface area (Å²) in [6.07, 6.45) is 5.66. The van der Waals surface area contributed by atoms with Crippen LogP contribution in [0, 0.1) is 0 Å². The van der Waals surface area contributed by atoms with Gasteiger partial charge in [-0.25, -0.2) is 0 Å². The van der Waals surface area contributed by atoms with Crippen molar-refractivity contribution in [2.24, 2.45) is 0 Å². The van der Waals surface area contributed by atoms with E-state index in [2.05, 4.69) is 5.32 Å². The largest absolute Gasteiger partial charge is 0.497 e. The summed E-state index contributed by atoms with van der Waals surface area (Å²) in [5, 5.41) is 2.75. The maximum absolute atomic E-state index is 10.7. The van der Waals surface area contributed by atoms with Crippen LogP contribution in [-0.2, 0) is 9.53 Å². The minimum Gasteiger partial charge on any atom is -0.497 e. The predicted octanol–water partition coefficient (Wildman–Crippen LogP) is 1.33. The summed E-state index contributed by atoms with van der Waals surface area (Å²) in [5.74, 6) is 0.795. The first-order valence-electron chi connectivity index (χ1n) is 3.94. The molecule has 0 fully saturated rings. The fourth-order valence-corrected chi connectivity index (χ4v) is 1.14. The van der Waals surface area contributed by atoms with Gasteiger partial charge < -0.3 is 10.1 Å². The number of hydrogen-bond donors (Lipinski definition) is 1. The molecule has 0 saturated carbocycles. The molecule has 1 aliphatic rings. The number of allylic oxidation sites excluding steroid dienone is 3. The number of carbonyl (C=O) groups excluding carboxylic acids is 1. The quantitative estimate of drug-likeness (QED) is 0.673. The van der Waals surface area contributed by atoms with Crippen LogP contribution in [0.1, 0.15) is 19.8 Å². The fraction of sp³-hybridized carbons (Fsp3) is 0.444. The highest BCUT2D eigenvalue weighted by Crippen LogP contribution is 2.15. The molecule has 1 amide bonds. The molecule has 1 N–H and O–H groups in total. The maximum Gasteiger partial charge on any atom is 0.220 e. The van der Waals surface area contributed by atoms with Gasteiger partial charge in [-0.15, -0.1) is 0 Å². The molecule has 1 rings (SSSR count). The van der Waals surface area contributed by atoms with Crippen molar-refractivity contribution in [1.82, 2.24) is 5.32 Å². The lowest BCUT2D eigenvalue weighted by Crippen LogP contribution is -2.20. The number of hydrogen-bond acceptors (Lipinski definition) is 2. The molecule has 66 valence electrons. The van der Waals surface area contributed by atoms with E-state index in [1.165, 1.54) is 6.92 Å². The van der Waals surface area contributed by atoms with Gasteiger partial charge >= 0.3 is 0 Å². The summed E-state index contributed by atoms with van der Waals surface area (Å²) < 4.78 is 5.04. The first kappa shape index (κ1) is 8.84. The highest BCUT2D eigenvalue weighted by atomic mass is 16.5. The number of methoxy groups -OCH3 is 1. The average Bonchev–Trinajstić information content (AvgIpc) is 2.03. The highest BCUT2D eigenvalue weighted by molar-refractivity contribution is 5.75. The molecule has 0 aromatic carbocycles. The van der Waals surface area contributed by atoms with E-state index in [0.29, 0.717) is 0 Å². The molecule has 1 aliphatic carbocycles. The van der Waals surface area contributed by atoms with Gasteiger partial charge in [0.25, 0.3) is 0 Å². The van der Waals surface area contributed by atoms with Crippen LogP contribution in [0.4, 0.5) is 0 Å². The molecule has 0 aromatic heterocycles. The molecule has 12 heavy (non-hydrogen) atoms. The Morgan fingerprint density at radius 1 is 1.67 bits per heavy atom. The molecular formula is C9H13NO2. The Morgan fingerprint density at radius 2 is 2.42 bits per heavy atom. The van der Waals surface area contributed by atoms with Crippen molar-refractivity contribution in [1.29, 1.82) is 0 Å². The molecule has 0 atom stereocenters. The van der Waals surface area contributed by atoms with Crippen LogP contribution in [0.25, 0.3) is 0 Å². The normalized spacial score (nSPS) is 16.2. The first-order valence-corrected chi connectivity index (χ1v) is 3.94. The van der Waals surface area contributed by atoms with Crippen LogP contribution in [0.2, 0.25) is 0 Å². The molecule has 0 saturated heterocycles. The summed E-state index contributed by atoms with van der Waals surface area (Å²) in [4.78, 5) is 10.7. The molecule has 0 aliphatic heterocycles. The third-order valence-electron chi connectivity index (χ3n) is 1.65. The predicted molar refractivity (Wildman–Crippen MR) is 46.2 cm³/mol. The van der Waals surface area contributed by atoms with Crippen LogP contribution in [0.15, 0.2) is 23.6 Å². The molecule has 0 heterocycles. The second-order valence-corrected chi connectivity index (χ2v) is 2.70.